The van der Waals surface area contributed by atoms with E-state index >= 15 is 0 Å². The van der Waals surface area contributed by atoms with E-state index in [1.165, 1.54) is 25.7 Å². The number of imidazole rings is 1. The summed E-state index contributed by atoms with van der Waals surface area (Å²) in [6.07, 6.45) is 10.5. The normalized spacial score (nSPS) is 13.8. The minimum Gasteiger partial charge on any atom is -0.493 e. The molecule has 10 nitrogen and oxygen atoms in total. The van der Waals surface area contributed by atoms with Gasteiger partial charge in [0.2, 0.25) is 5.75 Å². The van der Waals surface area contributed by atoms with Gasteiger partial charge >= 0.3 is 0 Å². The summed E-state index contributed by atoms with van der Waals surface area (Å²) in [5.41, 5.74) is 2.41. The minimum atomic E-state index is 0.535. The molecule has 0 atom stereocenters. The minimum absolute atomic E-state index is 0.535. The molecule has 1 N–H and O–H groups in total. The molecule has 1 fully saturated rings. The summed E-state index contributed by atoms with van der Waals surface area (Å²) in [6.45, 7) is 6.82. The van der Waals surface area contributed by atoms with Crippen LogP contribution in [-0.2, 0) is 6.54 Å². The lowest BCUT2D eigenvalue weighted by atomic mass is 10.1. The second-order valence-electron chi connectivity index (χ2n) is 9.07. The Kier molecular flexibility index (Phi) is 6.49. The first-order chi connectivity index (χ1) is 17.5. The molecule has 0 spiro atoms. The van der Waals surface area contributed by atoms with E-state index in [-0.39, 0.29) is 0 Å². The van der Waals surface area contributed by atoms with E-state index in [1.54, 1.807) is 27.7 Å². The van der Waals surface area contributed by atoms with Crippen molar-refractivity contribution in [2.24, 2.45) is 5.92 Å². The van der Waals surface area contributed by atoms with E-state index in [4.69, 9.17) is 24.2 Å². The average Bonchev–Trinajstić information content (AvgIpc) is 3.65. The Labute approximate surface area is 209 Å². The highest BCUT2D eigenvalue weighted by Crippen LogP contribution is 2.39. The number of nitrogens with zero attached hydrogens (tertiary/aromatic N) is 6. The van der Waals surface area contributed by atoms with Crippen molar-refractivity contribution >= 4 is 28.2 Å². The molecule has 0 saturated heterocycles. The number of hydrogen-bond acceptors (Lipinski definition) is 8. The molecule has 188 valence electrons. The monoisotopic (exact) mass is 489 g/mol. The second kappa shape index (κ2) is 9.88. The average molecular weight is 490 g/mol. The smallest absolute Gasteiger partial charge is 0.203 e. The highest BCUT2D eigenvalue weighted by atomic mass is 16.5. The maximum atomic E-state index is 5.49. The van der Waals surface area contributed by atoms with E-state index < -0.39 is 0 Å². The van der Waals surface area contributed by atoms with Crippen molar-refractivity contribution in [3.05, 3.63) is 43.3 Å². The SMILES string of the molecule is C=C(C)c1nc(Nc2cn(-c3cc(OC)c(OC)c(OC)c3)cn2)c2cnn(CC3CCCC3)c2n1. The molecule has 3 aromatic heterocycles. The molecular formula is C26H31N7O3. The predicted octanol–water partition coefficient (Wildman–Crippen LogP) is 5.00. The summed E-state index contributed by atoms with van der Waals surface area (Å²) in [5.74, 6) is 4.16. The zero-order chi connectivity index (χ0) is 25.2. The number of nitrogens with one attached hydrogen (secondary N) is 1. The summed E-state index contributed by atoms with van der Waals surface area (Å²) in [5, 5.41) is 8.85. The molecule has 4 aromatic rings. The molecule has 0 aliphatic heterocycles. The molecule has 0 radical (unpaired) electrons. The molecule has 10 heteroatoms. The van der Waals surface area contributed by atoms with Crippen molar-refractivity contribution in [2.45, 2.75) is 39.2 Å². The maximum Gasteiger partial charge on any atom is 0.203 e. The second-order valence-corrected chi connectivity index (χ2v) is 9.07. The summed E-state index contributed by atoms with van der Waals surface area (Å²) < 4.78 is 20.3. The fraction of sp³-hybridized carbons (Fsp3) is 0.385. The summed E-state index contributed by atoms with van der Waals surface area (Å²) in [7, 11) is 4.76. The first kappa shape index (κ1) is 23.7. The standard InChI is InChI=1S/C26H31N7O3/c1-16(2)24-30-25(19-12-28-33(26(19)31-24)13-17-8-6-7-9-17)29-22-14-32(15-27-22)18-10-20(34-3)23(36-5)21(11-18)35-4/h10-12,14-15,17H,1,6-9,13H2,2-5H3,(H,29,30,31). The molecule has 0 unspecified atom stereocenters. The van der Waals surface area contributed by atoms with E-state index in [0.717, 1.165) is 28.8 Å². The molecule has 1 aromatic carbocycles. The van der Waals surface area contributed by atoms with E-state index in [1.807, 2.05) is 40.7 Å². The van der Waals surface area contributed by atoms with Gasteiger partial charge in [0.25, 0.3) is 0 Å². The summed E-state index contributed by atoms with van der Waals surface area (Å²) >= 11 is 0. The van der Waals surface area contributed by atoms with Crippen LogP contribution in [0.1, 0.15) is 38.4 Å². The fourth-order valence-electron chi connectivity index (χ4n) is 4.68. The number of anilines is 2. The summed E-state index contributed by atoms with van der Waals surface area (Å²) in [6, 6.07) is 3.73. The molecule has 0 amide bonds. The van der Waals surface area contributed by atoms with Gasteiger partial charge in [-0.25, -0.2) is 19.6 Å². The Morgan fingerprint density at radius 1 is 1.08 bits per heavy atom. The number of fused-ring (bicyclic) bond motifs is 1. The third kappa shape index (κ3) is 4.46. The Morgan fingerprint density at radius 3 is 2.44 bits per heavy atom. The van der Waals surface area contributed by atoms with Gasteiger partial charge in [0.1, 0.15) is 18.0 Å². The first-order valence-corrected chi connectivity index (χ1v) is 12.0. The lowest BCUT2D eigenvalue weighted by Crippen LogP contribution is -2.10. The Hall–Kier alpha value is -4.08. The van der Waals surface area contributed by atoms with Gasteiger partial charge in [0.15, 0.2) is 23.0 Å². The van der Waals surface area contributed by atoms with Crippen LogP contribution < -0.4 is 19.5 Å². The topological polar surface area (TPSA) is 101 Å². The molecule has 1 aliphatic carbocycles. The molecule has 5 rings (SSSR count). The number of rotatable bonds is 9. The third-order valence-corrected chi connectivity index (χ3v) is 6.56. The zero-order valence-electron chi connectivity index (χ0n) is 21.1. The van der Waals surface area contributed by atoms with Crippen molar-refractivity contribution in [3.8, 4) is 22.9 Å². The Morgan fingerprint density at radius 2 is 1.81 bits per heavy atom. The molecular weight excluding hydrogens is 458 g/mol. The number of benzene rings is 1. The highest BCUT2D eigenvalue weighted by molar-refractivity contribution is 5.89. The van der Waals surface area contributed by atoms with Gasteiger partial charge < -0.3 is 24.1 Å². The molecule has 3 heterocycles. The van der Waals surface area contributed by atoms with Crippen molar-refractivity contribution in [1.29, 1.82) is 0 Å². The number of ether oxygens (including phenoxy) is 3. The first-order valence-electron chi connectivity index (χ1n) is 12.0. The molecule has 0 bridgehead atoms. The Bertz CT molecular complexity index is 1380. The van der Waals surface area contributed by atoms with Gasteiger partial charge in [-0.3, -0.25) is 0 Å². The lowest BCUT2D eigenvalue weighted by Gasteiger charge is -2.14. The van der Waals surface area contributed by atoms with Gasteiger partial charge in [0, 0.05) is 18.7 Å². The van der Waals surface area contributed by atoms with Gasteiger partial charge in [-0.2, -0.15) is 5.10 Å². The van der Waals surface area contributed by atoms with Crippen LogP contribution in [0.25, 0.3) is 22.3 Å². The van der Waals surface area contributed by atoms with E-state index in [2.05, 4.69) is 22.0 Å². The molecule has 1 saturated carbocycles. The number of aromatic nitrogens is 6. The highest BCUT2D eigenvalue weighted by Gasteiger charge is 2.20. The van der Waals surface area contributed by atoms with Crippen LogP contribution in [0.4, 0.5) is 11.6 Å². The van der Waals surface area contributed by atoms with Crippen molar-refractivity contribution in [2.75, 3.05) is 26.6 Å². The van der Waals surface area contributed by atoms with Gasteiger partial charge in [-0.05, 0) is 31.3 Å². The predicted molar refractivity (Wildman–Crippen MR) is 138 cm³/mol. The van der Waals surface area contributed by atoms with Crippen LogP contribution in [0, 0.1) is 5.92 Å². The van der Waals surface area contributed by atoms with Crippen LogP contribution in [0.3, 0.4) is 0 Å². The van der Waals surface area contributed by atoms with Crippen LogP contribution in [0.15, 0.2) is 37.4 Å². The number of allylic oxidation sites excluding steroid dienone is 1. The number of methoxy groups -OCH3 is 3. The Balaban J connectivity index is 1.48. The van der Waals surface area contributed by atoms with Crippen LogP contribution in [-0.4, -0.2) is 50.6 Å². The maximum absolute atomic E-state index is 5.49. The summed E-state index contributed by atoms with van der Waals surface area (Å²) in [4.78, 5) is 14.0. The zero-order valence-corrected chi connectivity index (χ0v) is 21.1. The van der Waals surface area contributed by atoms with Crippen molar-refractivity contribution in [3.63, 3.8) is 0 Å². The lowest BCUT2D eigenvalue weighted by molar-refractivity contribution is 0.324. The molecule has 36 heavy (non-hydrogen) atoms. The van der Waals surface area contributed by atoms with Crippen LogP contribution in [0.5, 0.6) is 17.2 Å². The largest absolute Gasteiger partial charge is 0.493 e. The van der Waals surface area contributed by atoms with Gasteiger partial charge in [-0.1, -0.05) is 19.4 Å². The third-order valence-electron chi connectivity index (χ3n) is 6.56. The quantitative estimate of drug-likeness (QED) is 0.350. The van der Waals surface area contributed by atoms with E-state index in [0.29, 0.717) is 40.6 Å². The van der Waals surface area contributed by atoms with Gasteiger partial charge in [-0.15, -0.1) is 0 Å². The van der Waals surface area contributed by atoms with E-state index in [9.17, 15) is 0 Å². The van der Waals surface area contributed by atoms with Crippen LogP contribution in [0.2, 0.25) is 0 Å². The van der Waals surface area contributed by atoms with Crippen molar-refractivity contribution < 1.29 is 14.2 Å². The van der Waals surface area contributed by atoms with Crippen LogP contribution >= 0.6 is 0 Å². The van der Waals surface area contributed by atoms with Crippen molar-refractivity contribution in [1.82, 2.24) is 29.3 Å². The molecule has 1 aliphatic rings. The van der Waals surface area contributed by atoms with Gasteiger partial charge in [0.05, 0.1) is 44.8 Å². The fourth-order valence-corrected chi connectivity index (χ4v) is 4.68. The number of hydrogen-bond donors (Lipinski definition) is 1.